The molecule has 88 valence electrons. The molecule has 0 spiro atoms. The maximum atomic E-state index is 13.1. The normalized spacial score (nSPS) is 10.3. The molecule has 17 heavy (non-hydrogen) atoms. The van der Waals surface area contributed by atoms with E-state index < -0.39 is 0 Å². The molecule has 1 aromatic heterocycles. The minimum absolute atomic E-state index is 0.269. The van der Waals surface area contributed by atoms with Gasteiger partial charge in [-0.15, -0.1) is 0 Å². The van der Waals surface area contributed by atoms with Gasteiger partial charge in [0.1, 0.15) is 11.6 Å². The zero-order valence-electron chi connectivity index (χ0n) is 9.08. The van der Waals surface area contributed by atoms with Crippen molar-refractivity contribution in [3.05, 3.63) is 46.3 Å². The van der Waals surface area contributed by atoms with Crippen molar-refractivity contribution in [2.75, 3.05) is 5.73 Å². The van der Waals surface area contributed by atoms with E-state index in [1.54, 1.807) is 25.3 Å². The first-order valence-electron chi connectivity index (χ1n) is 4.91. The van der Waals surface area contributed by atoms with Crippen LogP contribution in [0.4, 0.5) is 10.1 Å². The van der Waals surface area contributed by atoms with Crippen molar-refractivity contribution in [1.29, 1.82) is 0 Å². The number of nitrogen functional groups attached to an aromatic ring is 1. The molecule has 0 radical (unpaired) electrons. The van der Waals surface area contributed by atoms with E-state index in [1.165, 1.54) is 12.1 Å². The molecule has 0 unspecified atom stereocenters. The lowest BCUT2D eigenvalue weighted by molar-refractivity contribution is 0.463. The molecular formula is C12H10BrFN2O. The molecule has 0 bridgehead atoms. The number of halogens is 2. The fraction of sp³-hybridized carbons (Fsp3) is 0.0833. The molecule has 0 saturated heterocycles. The van der Waals surface area contributed by atoms with Crippen LogP contribution < -0.4 is 10.5 Å². The highest BCUT2D eigenvalue weighted by Gasteiger charge is 2.06. The number of aryl methyl sites for hydroxylation is 1. The lowest BCUT2D eigenvalue weighted by Crippen LogP contribution is -1.95. The highest BCUT2D eigenvalue weighted by atomic mass is 79.9. The molecular weight excluding hydrogens is 287 g/mol. The smallest absolute Gasteiger partial charge is 0.242 e. The van der Waals surface area contributed by atoms with Crippen LogP contribution >= 0.6 is 15.9 Å². The Bertz CT molecular complexity index is 560. The number of pyridine rings is 1. The van der Waals surface area contributed by atoms with Gasteiger partial charge in [-0.05, 0) is 52.7 Å². The third kappa shape index (κ3) is 2.74. The summed E-state index contributed by atoms with van der Waals surface area (Å²) in [7, 11) is 0. The number of ether oxygens (including phenoxy) is 1. The van der Waals surface area contributed by atoms with E-state index in [0.717, 1.165) is 4.47 Å². The van der Waals surface area contributed by atoms with E-state index >= 15 is 0 Å². The van der Waals surface area contributed by atoms with E-state index in [0.29, 0.717) is 22.9 Å². The number of hydrogen-bond acceptors (Lipinski definition) is 3. The summed E-state index contributed by atoms with van der Waals surface area (Å²) in [6, 6.07) is 6.17. The summed E-state index contributed by atoms with van der Waals surface area (Å²) in [5, 5.41) is 0. The van der Waals surface area contributed by atoms with Crippen molar-refractivity contribution in [3.8, 4) is 11.6 Å². The van der Waals surface area contributed by atoms with Crippen molar-refractivity contribution in [3.63, 3.8) is 0 Å². The van der Waals surface area contributed by atoms with Crippen LogP contribution in [0.5, 0.6) is 11.6 Å². The highest BCUT2D eigenvalue weighted by Crippen LogP contribution is 2.27. The van der Waals surface area contributed by atoms with Crippen LogP contribution in [-0.4, -0.2) is 4.98 Å². The maximum Gasteiger partial charge on any atom is 0.242 e. The molecule has 2 N–H and O–H groups in total. The van der Waals surface area contributed by atoms with Crippen LogP contribution in [0.3, 0.4) is 0 Å². The number of nitrogens with two attached hydrogens (primary N) is 1. The van der Waals surface area contributed by atoms with Gasteiger partial charge < -0.3 is 10.5 Å². The van der Waals surface area contributed by atoms with E-state index in [9.17, 15) is 4.39 Å². The summed E-state index contributed by atoms with van der Waals surface area (Å²) in [6.45, 7) is 1.67. The van der Waals surface area contributed by atoms with Gasteiger partial charge in [-0.3, -0.25) is 0 Å². The summed E-state index contributed by atoms with van der Waals surface area (Å²) in [4.78, 5) is 4.04. The molecule has 2 aromatic rings. The maximum absolute atomic E-state index is 13.1. The third-order valence-electron chi connectivity index (χ3n) is 2.19. The molecule has 3 nitrogen and oxygen atoms in total. The van der Waals surface area contributed by atoms with E-state index in [2.05, 4.69) is 20.9 Å². The van der Waals surface area contributed by atoms with Crippen LogP contribution in [-0.2, 0) is 0 Å². The largest absolute Gasteiger partial charge is 0.437 e. The number of aromatic nitrogens is 1. The number of rotatable bonds is 2. The van der Waals surface area contributed by atoms with Crippen LogP contribution in [0.2, 0.25) is 0 Å². The van der Waals surface area contributed by atoms with Crippen molar-refractivity contribution in [2.24, 2.45) is 0 Å². The van der Waals surface area contributed by atoms with Gasteiger partial charge in [-0.25, -0.2) is 9.37 Å². The molecule has 0 aliphatic rings. The molecule has 0 fully saturated rings. The predicted molar refractivity (Wildman–Crippen MR) is 67.6 cm³/mol. The van der Waals surface area contributed by atoms with E-state index in [4.69, 9.17) is 10.5 Å². The van der Waals surface area contributed by atoms with Gasteiger partial charge in [0, 0.05) is 10.7 Å². The number of nitrogens with zero attached hydrogens (tertiary/aromatic N) is 1. The molecule has 0 amide bonds. The molecule has 0 aliphatic heterocycles. The standard InChI is InChI=1S/C12H10BrFN2O/c1-7-4-9(2-3-10(7)14)17-12-11(15)5-8(13)6-16-12/h2-6H,15H2,1H3. The quantitative estimate of drug-likeness (QED) is 0.920. The van der Waals surface area contributed by atoms with Gasteiger partial charge in [0.15, 0.2) is 0 Å². The zero-order valence-corrected chi connectivity index (χ0v) is 10.7. The van der Waals surface area contributed by atoms with Gasteiger partial charge in [-0.2, -0.15) is 0 Å². The Hall–Kier alpha value is -1.62. The van der Waals surface area contributed by atoms with Crippen LogP contribution in [0.15, 0.2) is 34.9 Å². The molecule has 0 saturated carbocycles. The van der Waals surface area contributed by atoms with Gasteiger partial charge in [-0.1, -0.05) is 0 Å². The predicted octanol–water partition coefficient (Wildman–Crippen LogP) is 3.67. The van der Waals surface area contributed by atoms with Crippen molar-refractivity contribution in [2.45, 2.75) is 6.92 Å². The second kappa shape index (κ2) is 4.71. The minimum atomic E-state index is -0.269. The summed E-state index contributed by atoms with van der Waals surface area (Å²) in [5.74, 6) is 0.540. The average molecular weight is 297 g/mol. The average Bonchev–Trinajstić information content (AvgIpc) is 2.27. The highest BCUT2D eigenvalue weighted by molar-refractivity contribution is 9.10. The Balaban J connectivity index is 2.28. The second-order valence-electron chi connectivity index (χ2n) is 3.56. The molecule has 0 aliphatic carbocycles. The lowest BCUT2D eigenvalue weighted by atomic mass is 10.2. The van der Waals surface area contributed by atoms with Crippen LogP contribution in [0.25, 0.3) is 0 Å². The molecule has 5 heteroatoms. The fourth-order valence-electron chi connectivity index (χ4n) is 1.32. The van der Waals surface area contributed by atoms with Gasteiger partial charge in [0.2, 0.25) is 5.88 Å². The van der Waals surface area contributed by atoms with Gasteiger partial charge >= 0.3 is 0 Å². The van der Waals surface area contributed by atoms with E-state index in [1.807, 2.05) is 0 Å². The minimum Gasteiger partial charge on any atom is -0.437 e. The number of benzene rings is 1. The second-order valence-corrected chi connectivity index (χ2v) is 4.48. The van der Waals surface area contributed by atoms with E-state index in [-0.39, 0.29) is 5.82 Å². The molecule has 2 rings (SSSR count). The van der Waals surface area contributed by atoms with Crippen LogP contribution in [0, 0.1) is 12.7 Å². The monoisotopic (exact) mass is 296 g/mol. The van der Waals surface area contributed by atoms with Crippen molar-refractivity contribution < 1.29 is 9.13 Å². The van der Waals surface area contributed by atoms with Crippen molar-refractivity contribution in [1.82, 2.24) is 4.98 Å². The Morgan fingerprint density at radius 2 is 2.12 bits per heavy atom. The summed E-state index contributed by atoms with van der Waals surface area (Å²) < 4.78 is 19.3. The summed E-state index contributed by atoms with van der Waals surface area (Å²) in [6.07, 6.45) is 1.59. The lowest BCUT2D eigenvalue weighted by Gasteiger charge is -2.08. The number of hydrogen-bond donors (Lipinski definition) is 1. The number of anilines is 1. The topological polar surface area (TPSA) is 48.1 Å². The molecule has 0 atom stereocenters. The Morgan fingerprint density at radius 3 is 2.76 bits per heavy atom. The fourth-order valence-corrected chi connectivity index (χ4v) is 1.67. The zero-order chi connectivity index (χ0) is 12.4. The molecule has 1 heterocycles. The first kappa shape index (κ1) is 11.9. The Labute approximate surface area is 107 Å². The van der Waals surface area contributed by atoms with Gasteiger partial charge in [0.25, 0.3) is 0 Å². The summed E-state index contributed by atoms with van der Waals surface area (Å²) in [5.41, 5.74) is 6.68. The Morgan fingerprint density at radius 1 is 1.35 bits per heavy atom. The van der Waals surface area contributed by atoms with Crippen molar-refractivity contribution >= 4 is 21.6 Å². The first-order valence-corrected chi connectivity index (χ1v) is 5.70. The molecule has 1 aromatic carbocycles. The SMILES string of the molecule is Cc1cc(Oc2ncc(Br)cc2N)ccc1F. The summed E-state index contributed by atoms with van der Waals surface area (Å²) >= 11 is 3.26. The third-order valence-corrected chi connectivity index (χ3v) is 2.62. The Kier molecular flexibility index (Phi) is 3.28. The van der Waals surface area contributed by atoms with Crippen LogP contribution in [0.1, 0.15) is 5.56 Å². The van der Waals surface area contributed by atoms with Gasteiger partial charge in [0.05, 0.1) is 5.69 Å². The first-order chi connectivity index (χ1) is 8.06.